The van der Waals surface area contributed by atoms with Crippen molar-refractivity contribution in [1.82, 2.24) is 0 Å². The van der Waals surface area contributed by atoms with Gasteiger partial charge in [0.25, 0.3) is 0 Å². The summed E-state index contributed by atoms with van der Waals surface area (Å²) >= 11 is 0. The maximum Gasteiger partial charge on any atom is 0.204 e. The summed E-state index contributed by atoms with van der Waals surface area (Å²) in [5, 5.41) is 0. The van der Waals surface area contributed by atoms with E-state index in [0.29, 0.717) is 17.1 Å². The standard InChI is InChI=1S/C20H20O7/c1-9-7-11(23-2)14-15(18(9)25-4)16(21)10-8-12(24-3)19(26-5)20(27-6)13(10)17(14)22/h7-8H,1-6H3. The highest BCUT2D eigenvalue weighted by Crippen LogP contribution is 2.48. The van der Waals surface area contributed by atoms with Crippen molar-refractivity contribution < 1.29 is 33.3 Å². The fourth-order valence-electron chi connectivity index (χ4n) is 3.45. The summed E-state index contributed by atoms with van der Waals surface area (Å²) in [6.07, 6.45) is 0. The van der Waals surface area contributed by atoms with E-state index in [1.807, 2.05) is 0 Å². The first-order valence-electron chi connectivity index (χ1n) is 8.12. The molecular formula is C20H20O7. The number of carbonyl (C=O) groups is 2. The minimum Gasteiger partial charge on any atom is -0.496 e. The first-order valence-corrected chi connectivity index (χ1v) is 8.12. The molecule has 0 amide bonds. The lowest BCUT2D eigenvalue weighted by Crippen LogP contribution is -2.24. The quantitative estimate of drug-likeness (QED) is 0.681. The van der Waals surface area contributed by atoms with Crippen LogP contribution in [0.2, 0.25) is 0 Å². The largest absolute Gasteiger partial charge is 0.496 e. The summed E-state index contributed by atoms with van der Waals surface area (Å²) in [6.45, 7) is 1.78. The summed E-state index contributed by atoms with van der Waals surface area (Å²) in [4.78, 5) is 26.7. The van der Waals surface area contributed by atoms with Crippen molar-refractivity contribution in [3.8, 4) is 28.7 Å². The maximum absolute atomic E-state index is 13.4. The zero-order valence-corrected chi connectivity index (χ0v) is 16.0. The molecule has 0 fully saturated rings. The molecule has 0 N–H and O–H groups in total. The molecule has 0 spiro atoms. The van der Waals surface area contributed by atoms with Gasteiger partial charge in [-0.1, -0.05) is 0 Å². The van der Waals surface area contributed by atoms with Crippen molar-refractivity contribution in [2.45, 2.75) is 6.92 Å². The van der Waals surface area contributed by atoms with E-state index < -0.39 is 5.78 Å². The molecular weight excluding hydrogens is 352 g/mol. The Kier molecular flexibility index (Phi) is 4.70. The smallest absolute Gasteiger partial charge is 0.204 e. The number of aryl methyl sites for hydroxylation is 1. The summed E-state index contributed by atoms with van der Waals surface area (Å²) in [7, 11) is 7.18. The predicted octanol–water partition coefficient (Wildman–Crippen LogP) is 2.81. The first-order chi connectivity index (χ1) is 12.9. The Morgan fingerprint density at radius 3 is 1.70 bits per heavy atom. The highest BCUT2D eigenvalue weighted by atomic mass is 16.5. The molecule has 0 unspecified atom stereocenters. The molecule has 142 valence electrons. The van der Waals surface area contributed by atoms with Gasteiger partial charge in [0, 0.05) is 5.56 Å². The van der Waals surface area contributed by atoms with Crippen molar-refractivity contribution in [3.63, 3.8) is 0 Å². The van der Waals surface area contributed by atoms with Crippen LogP contribution in [0.15, 0.2) is 12.1 Å². The minimum atomic E-state index is -0.410. The monoisotopic (exact) mass is 372 g/mol. The Hall–Kier alpha value is -3.22. The maximum atomic E-state index is 13.4. The number of methoxy groups -OCH3 is 5. The van der Waals surface area contributed by atoms with E-state index >= 15 is 0 Å². The van der Waals surface area contributed by atoms with Crippen molar-refractivity contribution in [3.05, 3.63) is 39.9 Å². The van der Waals surface area contributed by atoms with Gasteiger partial charge in [-0.25, -0.2) is 0 Å². The Morgan fingerprint density at radius 2 is 1.19 bits per heavy atom. The van der Waals surface area contributed by atoms with Crippen LogP contribution < -0.4 is 23.7 Å². The van der Waals surface area contributed by atoms with Crippen LogP contribution in [-0.2, 0) is 0 Å². The fourth-order valence-corrected chi connectivity index (χ4v) is 3.45. The number of rotatable bonds is 5. The van der Waals surface area contributed by atoms with Gasteiger partial charge in [0.2, 0.25) is 11.5 Å². The second-order valence-electron chi connectivity index (χ2n) is 5.91. The van der Waals surface area contributed by atoms with E-state index in [1.165, 1.54) is 41.6 Å². The Balaban J connectivity index is 2.45. The van der Waals surface area contributed by atoms with E-state index in [4.69, 9.17) is 23.7 Å². The summed E-state index contributed by atoms with van der Waals surface area (Å²) < 4.78 is 26.9. The van der Waals surface area contributed by atoms with Crippen LogP contribution in [0.3, 0.4) is 0 Å². The third-order valence-corrected chi connectivity index (χ3v) is 4.61. The van der Waals surface area contributed by atoms with E-state index in [0.717, 1.165) is 0 Å². The van der Waals surface area contributed by atoms with Crippen molar-refractivity contribution in [2.75, 3.05) is 35.5 Å². The van der Waals surface area contributed by atoms with Crippen LogP contribution in [-0.4, -0.2) is 47.1 Å². The zero-order chi connectivity index (χ0) is 19.9. The number of hydrogen-bond acceptors (Lipinski definition) is 7. The second kappa shape index (κ2) is 6.83. The number of ketones is 2. The van der Waals surface area contributed by atoms with Gasteiger partial charge in [-0.2, -0.15) is 0 Å². The van der Waals surface area contributed by atoms with E-state index in [-0.39, 0.29) is 45.3 Å². The first kappa shape index (κ1) is 18.6. The van der Waals surface area contributed by atoms with Gasteiger partial charge >= 0.3 is 0 Å². The Morgan fingerprint density at radius 1 is 0.593 bits per heavy atom. The molecule has 2 aromatic carbocycles. The van der Waals surface area contributed by atoms with Gasteiger partial charge in [0.15, 0.2) is 17.3 Å². The molecule has 0 bridgehead atoms. The number of fused-ring (bicyclic) bond motifs is 2. The molecule has 7 heteroatoms. The average molecular weight is 372 g/mol. The number of carbonyl (C=O) groups excluding carboxylic acids is 2. The normalized spacial score (nSPS) is 12.2. The molecule has 1 aliphatic rings. The molecule has 7 nitrogen and oxygen atoms in total. The number of ether oxygens (including phenoxy) is 5. The molecule has 0 aromatic heterocycles. The summed E-state index contributed by atoms with van der Waals surface area (Å²) in [6, 6.07) is 3.15. The SMILES string of the molecule is COc1cc2c(c(OC)c1OC)C(=O)c1c(OC)cc(C)c(OC)c1C2=O. The third kappa shape index (κ3) is 2.50. The molecule has 27 heavy (non-hydrogen) atoms. The minimum absolute atomic E-state index is 0.108. The lowest BCUT2D eigenvalue weighted by Gasteiger charge is -2.25. The lowest BCUT2D eigenvalue weighted by atomic mass is 9.81. The number of benzene rings is 2. The molecule has 1 aliphatic carbocycles. The fraction of sp³-hybridized carbons (Fsp3) is 0.300. The zero-order valence-electron chi connectivity index (χ0n) is 16.0. The number of hydrogen-bond donors (Lipinski definition) is 0. The second-order valence-corrected chi connectivity index (χ2v) is 5.91. The van der Waals surface area contributed by atoms with Crippen LogP contribution in [0.1, 0.15) is 37.4 Å². The van der Waals surface area contributed by atoms with E-state index in [9.17, 15) is 9.59 Å². The van der Waals surface area contributed by atoms with Gasteiger partial charge in [0.1, 0.15) is 11.5 Å². The van der Waals surface area contributed by atoms with Gasteiger partial charge in [-0.05, 0) is 24.6 Å². The van der Waals surface area contributed by atoms with Crippen LogP contribution in [0.25, 0.3) is 0 Å². The van der Waals surface area contributed by atoms with Crippen LogP contribution >= 0.6 is 0 Å². The Bertz CT molecular complexity index is 960. The molecule has 0 aliphatic heterocycles. The summed E-state index contributed by atoms with van der Waals surface area (Å²) in [5.41, 5.74) is 1.26. The molecule has 3 rings (SSSR count). The molecule has 0 atom stereocenters. The Labute approximate surface area is 156 Å². The molecule has 2 aromatic rings. The predicted molar refractivity (Wildman–Crippen MR) is 97.2 cm³/mol. The highest BCUT2D eigenvalue weighted by Gasteiger charge is 2.40. The molecule has 0 radical (unpaired) electrons. The van der Waals surface area contributed by atoms with E-state index in [2.05, 4.69) is 0 Å². The third-order valence-electron chi connectivity index (χ3n) is 4.61. The van der Waals surface area contributed by atoms with Gasteiger partial charge in [-0.3, -0.25) is 9.59 Å². The van der Waals surface area contributed by atoms with E-state index in [1.54, 1.807) is 13.0 Å². The van der Waals surface area contributed by atoms with Crippen LogP contribution in [0, 0.1) is 6.92 Å². The molecule has 0 saturated heterocycles. The topological polar surface area (TPSA) is 80.3 Å². The van der Waals surface area contributed by atoms with Gasteiger partial charge in [0.05, 0.1) is 52.2 Å². The van der Waals surface area contributed by atoms with Gasteiger partial charge < -0.3 is 23.7 Å². The molecule has 0 heterocycles. The highest BCUT2D eigenvalue weighted by molar-refractivity contribution is 6.31. The molecule has 0 saturated carbocycles. The summed E-state index contributed by atoms with van der Waals surface area (Å²) in [5.74, 6) is 0.507. The van der Waals surface area contributed by atoms with Crippen molar-refractivity contribution in [1.29, 1.82) is 0 Å². The van der Waals surface area contributed by atoms with Crippen molar-refractivity contribution in [2.24, 2.45) is 0 Å². The lowest BCUT2D eigenvalue weighted by molar-refractivity contribution is 0.0970. The van der Waals surface area contributed by atoms with Crippen LogP contribution in [0.4, 0.5) is 0 Å². The van der Waals surface area contributed by atoms with Gasteiger partial charge in [-0.15, -0.1) is 0 Å². The average Bonchev–Trinajstić information content (AvgIpc) is 2.68. The van der Waals surface area contributed by atoms with Crippen molar-refractivity contribution >= 4 is 11.6 Å². The van der Waals surface area contributed by atoms with Crippen LogP contribution in [0.5, 0.6) is 28.7 Å².